The lowest BCUT2D eigenvalue weighted by atomic mass is 9.99. The highest BCUT2D eigenvalue weighted by molar-refractivity contribution is 5.48. The molecule has 1 saturated heterocycles. The number of hydrogen-bond acceptors (Lipinski definition) is 8. The number of aromatic nitrogens is 7. The van der Waals surface area contributed by atoms with Gasteiger partial charge in [-0.1, -0.05) is 13.8 Å². The summed E-state index contributed by atoms with van der Waals surface area (Å²) in [5.74, 6) is 0.533. The van der Waals surface area contributed by atoms with Crippen LogP contribution in [-0.4, -0.2) is 63.8 Å². The van der Waals surface area contributed by atoms with Crippen molar-refractivity contribution in [3.05, 3.63) is 52.0 Å². The molecule has 5 rings (SSSR count). The zero-order valence-corrected chi connectivity index (χ0v) is 21.5. The summed E-state index contributed by atoms with van der Waals surface area (Å²) in [7, 11) is 1.68. The fraction of sp³-hybridized carbons (Fsp3) is 0.520. The molecule has 0 N–H and O–H groups in total. The molecule has 5 heterocycles. The Morgan fingerprint density at radius 2 is 2.00 bits per heavy atom. The first-order valence-electron chi connectivity index (χ1n) is 12.5. The molecular formula is C25H32N10O. The lowest BCUT2D eigenvalue weighted by molar-refractivity contribution is 0.0911. The minimum absolute atomic E-state index is 0.0919. The van der Waals surface area contributed by atoms with Gasteiger partial charge in [-0.15, -0.1) is 0 Å². The average Bonchev–Trinajstić information content (AvgIpc) is 3.45. The van der Waals surface area contributed by atoms with Crippen LogP contribution in [0.3, 0.4) is 0 Å². The van der Waals surface area contributed by atoms with Crippen LogP contribution in [0.15, 0.2) is 29.2 Å². The van der Waals surface area contributed by atoms with E-state index in [1.54, 1.807) is 17.6 Å². The molecule has 4 aromatic rings. The second-order valence-electron chi connectivity index (χ2n) is 9.62. The molecule has 0 bridgehead atoms. The van der Waals surface area contributed by atoms with Gasteiger partial charge in [-0.05, 0) is 32.8 Å². The van der Waals surface area contributed by atoms with Crippen molar-refractivity contribution in [3.8, 4) is 6.07 Å². The van der Waals surface area contributed by atoms with Crippen molar-refractivity contribution in [2.45, 2.75) is 65.1 Å². The summed E-state index contributed by atoms with van der Waals surface area (Å²) in [5.41, 5.74) is 3.79. The molecule has 0 spiro atoms. The molecule has 0 aliphatic carbocycles. The molecule has 0 unspecified atom stereocenters. The first-order chi connectivity index (χ1) is 17.3. The van der Waals surface area contributed by atoms with E-state index in [-0.39, 0.29) is 30.2 Å². The highest BCUT2D eigenvalue weighted by atomic mass is 16.1. The van der Waals surface area contributed by atoms with E-state index in [2.05, 4.69) is 57.9 Å². The lowest BCUT2D eigenvalue weighted by Gasteiger charge is -2.48. The van der Waals surface area contributed by atoms with Crippen LogP contribution in [0.25, 0.3) is 11.3 Å². The van der Waals surface area contributed by atoms with Crippen molar-refractivity contribution in [3.63, 3.8) is 0 Å². The van der Waals surface area contributed by atoms with Gasteiger partial charge in [-0.25, -0.2) is 14.3 Å². The number of hydrogen-bond donors (Lipinski definition) is 0. The molecule has 3 atom stereocenters. The predicted molar refractivity (Wildman–Crippen MR) is 136 cm³/mol. The fourth-order valence-electron chi connectivity index (χ4n) is 5.36. The molecule has 36 heavy (non-hydrogen) atoms. The third-order valence-corrected chi connectivity index (χ3v) is 7.23. The van der Waals surface area contributed by atoms with Crippen LogP contribution in [-0.2, 0) is 13.5 Å². The van der Waals surface area contributed by atoms with E-state index >= 15 is 0 Å². The van der Waals surface area contributed by atoms with Crippen LogP contribution >= 0.6 is 0 Å². The van der Waals surface area contributed by atoms with Gasteiger partial charge in [0.05, 0.1) is 35.6 Å². The number of nitriles is 1. The largest absolute Gasteiger partial charge is 0.352 e. The van der Waals surface area contributed by atoms with Crippen molar-refractivity contribution < 1.29 is 0 Å². The number of aryl methyl sites for hydroxylation is 2. The van der Waals surface area contributed by atoms with Gasteiger partial charge in [0.2, 0.25) is 5.95 Å². The Bertz CT molecular complexity index is 1510. The maximum Gasteiger partial charge on any atom is 0.352 e. The summed E-state index contributed by atoms with van der Waals surface area (Å²) in [6, 6.07) is 8.52. The van der Waals surface area contributed by atoms with Gasteiger partial charge in [0.15, 0.2) is 5.65 Å². The van der Waals surface area contributed by atoms with Crippen LogP contribution in [0.4, 0.5) is 5.95 Å². The lowest BCUT2D eigenvalue weighted by Crippen LogP contribution is -2.59. The van der Waals surface area contributed by atoms with E-state index in [0.29, 0.717) is 23.8 Å². The maximum atomic E-state index is 12.7. The minimum atomic E-state index is -0.330. The van der Waals surface area contributed by atoms with Gasteiger partial charge < -0.3 is 4.90 Å². The standard InChI is InChI=1S/C25H32N10O/c1-6-19-15-32(24-28-25(36)31(5)23-13-18(8-10-26)30-35(23)24)17(4)14-33(19)21(7-2)20-9-11-34-22(27-20)12-16(3)29-34/h9,11-13,17,19,21H,6-8,14-15H2,1-5H3/t17-,19+,21+/m0/s1. The molecule has 1 aliphatic heterocycles. The van der Waals surface area contributed by atoms with Crippen LogP contribution in [0.5, 0.6) is 0 Å². The zero-order valence-electron chi connectivity index (χ0n) is 21.5. The smallest absolute Gasteiger partial charge is 0.335 e. The molecule has 11 nitrogen and oxygen atoms in total. The van der Waals surface area contributed by atoms with Crippen LogP contribution in [0, 0.1) is 18.3 Å². The van der Waals surface area contributed by atoms with Crippen LogP contribution in [0.2, 0.25) is 0 Å². The summed E-state index contributed by atoms with van der Waals surface area (Å²) in [5, 5.41) is 18.2. The third-order valence-electron chi connectivity index (χ3n) is 7.23. The third kappa shape index (κ3) is 4.01. The predicted octanol–water partition coefficient (Wildman–Crippen LogP) is 2.29. The van der Waals surface area contributed by atoms with Gasteiger partial charge in [0.1, 0.15) is 5.65 Å². The molecule has 0 radical (unpaired) electrons. The number of rotatable bonds is 6. The van der Waals surface area contributed by atoms with E-state index < -0.39 is 0 Å². The molecule has 1 aliphatic rings. The molecule has 11 heteroatoms. The molecule has 0 saturated carbocycles. The van der Waals surface area contributed by atoms with E-state index in [9.17, 15) is 4.79 Å². The molecule has 0 amide bonds. The fourth-order valence-corrected chi connectivity index (χ4v) is 5.36. The van der Waals surface area contributed by atoms with Crippen molar-refractivity contribution in [1.29, 1.82) is 5.26 Å². The highest BCUT2D eigenvalue weighted by Crippen LogP contribution is 2.32. The Morgan fingerprint density at radius 1 is 1.19 bits per heavy atom. The Balaban J connectivity index is 1.50. The second-order valence-corrected chi connectivity index (χ2v) is 9.62. The summed E-state index contributed by atoms with van der Waals surface area (Å²) in [4.78, 5) is 26.8. The Morgan fingerprint density at radius 3 is 2.72 bits per heavy atom. The van der Waals surface area contributed by atoms with Gasteiger partial charge in [-0.3, -0.25) is 9.47 Å². The highest BCUT2D eigenvalue weighted by Gasteiger charge is 2.37. The van der Waals surface area contributed by atoms with Gasteiger partial charge >= 0.3 is 5.69 Å². The first-order valence-corrected chi connectivity index (χ1v) is 12.5. The SMILES string of the molecule is CC[C@@H]1CN(c2nc(=O)n(C)c3cc(CC#N)nn23)[C@@H](C)CN1[C@H](CC)c1ccn2nc(C)cc2n1. The summed E-state index contributed by atoms with van der Waals surface area (Å²) < 4.78 is 5.01. The average molecular weight is 489 g/mol. The maximum absolute atomic E-state index is 12.7. The van der Waals surface area contributed by atoms with E-state index in [1.807, 2.05) is 23.7 Å². The van der Waals surface area contributed by atoms with Gasteiger partial charge in [-0.2, -0.15) is 25.0 Å². The summed E-state index contributed by atoms with van der Waals surface area (Å²) in [6.07, 6.45) is 4.05. The quantitative estimate of drug-likeness (QED) is 0.406. The summed E-state index contributed by atoms with van der Waals surface area (Å²) >= 11 is 0. The van der Waals surface area contributed by atoms with Crippen LogP contribution < -0.4 is 10.6 Å². The molecule has 4 aromatic heterocycles. The van der Waals surface area contributed by atoms with Crippen molar-refractivity contribution >= 4 is 17.2 Å². The molecule has 1 fully saturated rings. The monoisotopic (exact) mass is 488 g/mol. The normalized spacial score (nSPS) is 19.7. The van der Waals surface area contributed by atoms with E-state index in [0.717, 1.165) is 36.4 Å². The van der Waals surface area contributed by atoms with Gasteiger partial charge in [0.25, 0.3) is 0 Å². The minimum Gasteiger partial charge on any atom is -0.335 e. The van der Waals surface area contributed by atoms with Crippen LogP contribution in [0.1, 0.15) is 56.7 Å². The molecule has 188 valence electrons. The zero-order chi connectivity index (χ0) is 25.6. The number of nitrogens with zero attached hydrogens (tertiary/aromatic N) is 10. The summed E-state index contributed by atoms with van der Waals surface area (Å²) in [6.45, 7) is 10.0. The Labute approximate surface area is 209 Å². The number of anilines is 1. The van der Waals surface area contributed by atoms with E-state index in [4.69, 9.17) is 10.2 Å². The first kappa shape index (κ1) is 23.9. The van der Waals surface area contributed by atoms with Crippen molar-refractivity contribution in [1.82, 2.24) is 38.7 Å². The molecular weight excluding hydrogens is 456 g/mol. The number of fused-ring (bicyclic) bond motifs is 2. The van der Waals surface area contributed by atoms with Crippen molar-refractivity contribution in [2.24, 2.45) is 7.05 Å². The topological polar surface area (TPSA) is 113 Å². The van der Waals surface area contributed by atoms with E-state index in [1.165, 1.54) is 4.57 Å². The second kappa shape index (κ2) is 9.35. The van der Waals surface area contributed by atoms with Gasteiger partial charge in [0, 0.05) is 50.6 Å². The van der Waals surface area contributed by atoms with Crippen molar-refractivity contribution in [2.75, 3.05) is 18.0 Å². The number of piperazine rings is 1. The molecule has 0 aromatic carbocycles. The Hall–Kier alpha value is -3.78. The Kier molecular flexibility index (Phi) is 6.22.